The molecule has 2 amide bonds. The van der Waals surface area contributed by atoms with Crippen LogP contribution < -0.4 is 19.1 Å². The summed E-state index contributed by atoms with van der Waals surface area (Å²) in [5.41, 5.74) is 0.969. The van der Waals surface area contributed by atoms with Gasteiger partial charge < -0.3 is 19.7 Å². The lowest BCUT2D eigenvalue weighted by Crippen LogP contribution is -2.51. The second kappa shape index (κ2) is 13.4. The number of rotatable bonds is 13. The highest BCUT2D eigenvalue weighted by Gasteiger charge is 2.30. The Morgan fingerprint density at radius 3 is 2.28 bits per heavy atom. The molecule has 0 aliphatic carbocycles. The Balaban J connectivity index is 2.37. The number of anilines is 1. The summed E-state index contributed by atoms with van der Waals surface area (Å²) in [6.07, 6.45) is 2.73. The van der Waals surface area contributed by atoms with Crippen LogP contribution in [0.25, 0.3) is 0 Å². The van der Waals surface area contributed by atoms with Gasteiger partial charge in [-0.1, -0.05) is 37.1 Å². The summed E-state index contributed by atoms with van der Waals surface area (Å²) >= 11 is 6.20. The lowest BCUT2D eigenvalue weighted by molar-refractivity contribution is -0.139. The zero-order chi connectivity index (χ0) is 26.9. The normalized spacial score (nSPS) is 11.9. The smallest absolute Gasteiger partial charge is 0.244 e. The zero-order valence-electron chi connectivity index (χ0n) is 21.3. The Labute approximate surface area is 218 Å². The largest absolute Gasteiger partial charge is 0.497 e. The maximum Gasteiger partial charge on any atom is 0.244 e. The Kier molecular flexibility index (Phi) is 10.9. The molecule has 0 aromatic heterocycles. The Morgan fingerprint density at radius 2 is 1.75 bits per heavy atom. The number of nitrogens with zero attached hydrogens (tertiary/aromatic N) is 2. The van der Waals surface area contributed by atoms with Gasteiger partial charge in [0, 0.05) is 13.1 Å². The van der Waals surface area contributed by atoms with Gasteiger partial charge in [-0.3, -0.25) is 13.9 Å². The first-order chi connectivity index (χ1) is 17.0. The molecule has 198 valence electrons. The van der Waals surface area contributed by atoms with E-state index in [2.05, 4.69) is 5.32 Å². The van der Waals surface area contributed by atoms with Gasteiger partial charge in [-0.2, -0.15) is 0 Å². The van der Waals surface area contributed by atoms with Gasteiger partial charge in [-0.05, 0) is 49.2 Å². The fourth-order valence-corrected chi connectivity index (χ4v) is 4.56. The van der Waals surface area contributed by atoms with Gasteiger partial charge in [0.1, 0.15) is 24.1 Å². The predicted molar refractivity (Wildman–Crippen MR) is 141 cm³/mol. The minimum Gasteiger partial charge on any atom is -0.497 e. The third kappa shape index (κ3) is 8.03. The number of amides is 2. The molecule has 2 aromatic rings. The highest BCUT2D eigenvalue weighted by molar-refractivity contribution is 7.92. The second-order valence-corrected chi connectivity index (χ2v) is 10.6. The topological polar surface area (TPSA) is 105 Å². The molecule has 2 aromatic carbocycles. The summed E-state index contributed by atoms with van der Waals surface area (Å²) in [6, 6.07) is 10.7. The van der Waals surface area contributed by atoms with Gasteiger partial charge in [0.15, 0.2) is 0 Å². The maximum atomic E-state index is 13.5. The third-order valence-electron chi connectivity index (χ3n) is 5.61. The van der Waals surface area contributed by atoms with E-state index < -0.39 is 28.5 Å². The fraction of sp³-hybridized carbons (Fsp3) is 0.440. The monoisotopic (exact) mass is 539 g/mol. The Hall–Kier alpha value is -2.98. The molecule has 0 heterocycles. The molecule has 1 N–H and O–H groups in total. The number of ether oxygens (including phenoxy) is 2. The quantitative estimate of drug-likeness (QED) is 0.391. The van der Waals surface area contributed by atoms with Crippen molar-refractivity contribution >= 4 is 39.1 Å². The van der Waals surface area contributed by atoms with Crippen molar-refractivity contribution in [3.05, 3.63) is 53.1 Å². The van der Waals surface area contributed by atoms with E-state index in [9.17, 15) is 18.0 Å². The van der Waals surface area contributed by atoms with E-state index >= 15 is 0 Å². The van der Waals surface area contributed by atoms with Crippen LogP contribution in [0.4, 0.5) is 5.69 Å². The molecule has 36 heavy (non-hydrogen) atoms. The van der Waals surface area contributed by atoms with Crippen LogP contribution in [0.2, 0.25) is 5.02 Å². The SMILES string of the molecule is CCCCNC(=O)[C@H](C)N(Cc1ccc(OC)cc1)C(=O)CN(c1ccc(OC)c(Cl)c1)S(C)(=O)=O. The van der Waals surface area contributed by atoms with Crippen LogP contribution in [-0.2, 0) is 26.2 Å². The molecule has 0 unspecified atom stereocenters. The molecule has 0 fully saturated rings. The first-order valence-corrected chi connectivity index (χ1v) is 13.8. The van der Waals surface area contributed by atoms with Crippen molar-refractivity contribution in [3.8, 4) is 11.5 Å². The van der Waals surface area contributed by atoms with Crippen LogP contribution in [0.15, 0.2) is 42.5 Å². The van der Waals surface area contributed by atoms with Crippen LogP contribution >= 0.6 is 11.6 Å². The number of hydrogen-bond acceptors (Lipinski definition) is 6. The summed E-state index contributed by atoms with van der Waals surface area (Å²) in [6.45, 7) is 3.72. The fourth-order valence-electron chi connectivity index (χ4n) is 3.47. The Morgan fingerprint density at radius 1 is 1.08 bits per heavy atom. The standard InChI is InChI=1S/C25H34ClN3O6S/c1-6-7-14-27-25(31)18(2)28(16-19-8-11-21(34-3)12-9-19)24(30)17-29(36(5,32)33)20-10-13-23(35-4)22(26)15-20/h8-13,15,18H,6-7,14,16-17H2,1-5H3,(H,27,31)/t18-/m0/s1. The molecule has 0 bridgehead atoms. The summed E-state index contributed by atoms with van der Waals surface area (Å²) in [4.78, 5) is 27.7. The average Bonchev–Trinajstić information content (AvgIpc) is 2.85. The number of methoxy groups -OCH3 is 2. The third-order valence-corrected chi connectivity index (χ3v) is 7.05. The van der Waals surface area contributed by atoms with E-state index in [1.165, 1.54) is 30.2 Å². The number of sulfonamides is 1. The first-order valence-electron chi connectivity index (χ1n) is 11.5. The summed E-state index contributed by atoms with van der Waals surface area (Å²) in [7, 11) is -0.857. The molecule has 0 saturated carbocycles. The van der Waals surface area contributed by atoms with Crippen LogP contribution in [-0.4, -0.2) is 64.7 Å². The van der Waals surface area contributed by atoms with Crippen molar-refractivity contribution in [1.29, 1.82) is 0 Å². The van der Waals surface area contributed by atoms with E-state index in [0.717, 1.165) is 29.0 Å². The first kappa shape index (κ1) is 29.3. The van der Waals surface area contributed by atoms with Crippen LogP contribution in [0.1, 0.15) is 32.3 Å². The second-order valence-electron chi connectivity index (χ2n) is 8.28. The van der Waals surface area contributed by atoms with E-state index in [0.29, 0.717) is 18.0 Å². The van der Waals surface area contributed by atoms with Gasteiger partial charge >= 0.3 is 0 Å². The molecule has 0 aliphatic heterocycles. The average molecular weight is 540 g/mol. The van der Waals surface area contributed by atoms with Gasteiger partial charge in [-0.25, -0.2) is 8.42 Å². The Bertz CT molecular complexity index is 1140. The van der Waals surface area contributed by atoms with Crippen molar-refractivity contribution in [2.75, 3.05) is 37.9 Å². The molecule has 0 saturated heterocycles. The van der Waals surface area contributed by atoms with Gasteiger partial charge in [0.05, 0.1) is 31.2 Å². The summed E-state index contributed by atoms with van der Waals surface area (Å²) in [5.74, 6) is 0.172. The minimum atomic E-state index is -3.86. The number of carbonyl (C=O) groups excluding carboxylic acids is 2. The van der Waals surface area contributed by atoms with Gasteiger partial charge in [0.2, 0.25) is 21.8 Å². The molecule has 11 heteroatoms. The lowest BCUT2D eigenvalue weighted by Gasteiger charge is -2.31. The van der Waals surface area contributed by atoms with Crippen molar-refractivity contribution in [3.63, 3.8) is 0 Å². The highest BCUT2D eigenvalue weighted by atomic mass is 35.5. The molecular formula is C25H34ClN3O6S. The maximum absolute atomic E-state index is 13.5. The number of carbonyl (C=O) groups is 2. The number of nitrogens with one attached hydrogen (secondary N) is 1. The molecule has 9 nitrogen and oxygen atoms in total. The molecular weight excluding hydrogens is 506 g/mol. The summed E-state index contributed by atoms with van der Waals surface area (Å²) in [5, 5.41) is 3.05. The molecule has 0 spiro atoms. The van der Waals surface area contributed by atoms with Gasteiger partial charge in [-0.15, -0.1) is 0 Å². The van der Waals surface area contributed by atoms with E-state index in [1.54, 1.807) is 38.3 Å². The molecule has 0 radical (unpaired) electrons. The van der Waals surface area contributed by atoms with E-state index in [-0.39, 0.29) is 23.2 Å². The van der Waals surface area contributed by atoms with Crippen LogP contribution in [0.3, 0.4) is 0 Å². The number of benzene rings is 2. The minimum absolute atomic E-state index is 0.103. The summed E-state index contributed by atoms with van der Waals surface area (Å²) < 4.78 is 36.6. The molecule has 0 aliphatic rings. The van der Waals surface area contributed by atoms with Crippen LogP contribution in [0.5, 0.6) is 11.5 Å². The highest BCUT2D eigenvalue weighted by Crippen LogP contribution is 2.30. The zero-order valence-corrected chi connectivity index (χ0v) is 22.9. The van der Waals surface area contributed by atoms with E-state index in [1.807, 2.05) is 6.92 Å². The lowest BCUT2D eigenvalue weighted by atomic mass is 10.1. The molecule has 2 rings (SSSR count). The van der Waals surface area contributed by atoms with Gasteiger partial charge in [0.25, 0.3) is 0 Å². The number of hydrogen-bond donors (Lipinski definition) is 1. The van der Waals surface area contributed by atoms with Crippen molar-refractivity contribution < 1.29 is 27.5 Å². The molecule has 1 atom stereocenters. The van der Waals surface area contributed by atoms with Crippen LogP contribution in [0, 0.1) is 0 Å². The van der Waals surface area contributed by atoms with Crippen molar-refractivity contribution in [2.45, 2.75) is 39.3 Å². The predicted octanol–water partition coefficient (Wildman–Crippen LogP) is 3.46. The number of unbranched alkanes of at least 4 members (excludes halogenated alkanes) is 1. The van der Waals surface area contributed by atoms with E-state index in [4.69, 9.17) is 21.1 Å². The number of halogens is 1. The van der Waals surface area contributed by atoms with Crippen molar-refractivity contribution in [1.82, 2.24) is 10.2 Å². The van der Waals surface area contributed by atoms with Crippen molar-refractivity contribution in [2.24, 2.45) is 0 Å².